The molecule has 1 unspecified atom stereocenters. The van der Waals surface area contributed by atoms with Gasteiger partial charge in [-0.15, -0.1) is 0 Å². The van der Waals surface area contributed by atoms with Crippen LogP contribution in [0.4, 0.5) is 10.2 Å². The quantitative estimate of drug-likeness (QED) is 0.906. The lowest BCUT2D eigenvalue weighted by atomic mass is 10.1. The van der Waals surface area contributed by atoms with Crippen LogP contribution < -0.4 is 10.6 Å². The molecular weight excluding hydrogens is 291 g/mol. The number of nitrogens with one attached hydrogen (secondary N) is 2. The number of nitrogens with zero attached hydrogens (tertiary/aromatic N) is 2. The van der Waals surface area contributed by atoms with E-state index in [-0.39, 0.29) is 5.82 Å². The monoisotopic (exact) mass is 314 g/mol. The Bertz CT molecular complexity index is 649. The first kappa shape index (κ1) is 15.9. The van der Waals surface area contributed by atoms with E-state index in [9.17, 15) is 4.39 Å². The summed E-state index contributed by atoms with van der Waals surface area (Å²) in [5.41, 5.74) is 1.82. The molecule has 2 N–H and O–H groups in total. The second-order valence-corrected chi connectivity index (χ2v) is 6.35. The minimum Gasteiger partial charge on any atom is -0.366 e. The highest BCUT2D eigenvalue weighted by molar-refractivity contribution is 5.57. The topological polar surface area (TPSA) is 49.8 Å². The second-order valence-electron chi connectivity index (χ2n) is 6.35. The van der Waals surface area contributed by atoms with Crippen LogP contribution in [-0.4, -0.2) is 29.1 Å². The molecule has 1 aromatic heterocycles. The molecule has 1 atom stereocenters. The third kappa shape index (κ3) is 4.05. The van der Waals surface area contributed by atoms with Crippen LogP contribution >= 0.6 is 0 Å². The summed E-state index contributed by atoms with van der Waals surface area (Å²) in [6, 6.07) is 8.74. The predicted molar refractivity (Wildman–Crippen MR) is 91.0 cm³/mol. The van der Waals surface area contributed by atoms with E-state index < -0.39 is 0 Å². The molecule has 0 amide bonds. The summed E-state index contributed by atoms with van der Waals surface area (Å²) >= 11 is 0. The van der Waals surface area contributed by atoms with E-state index in [0.717, 1.165) is 36.6 Å². The lowest BCUT2D eigenvalue weighted by Crippen LogP contribution is -2.38. The van der Waals surface area contributed by atoms with Gasteiger partial charge in [0.25, 0.3) is 0 Å². The molecular formula is C18H23FN4. The summed E-state index contributed by atoms with van der Waals surface area (Å²) in [5.74, 6) is 1.54. The number of hydrogen-bond donors (Lipinski definition) is 2. The summed E-state index contributed by atoms with van der Waals surface area (Å²) < 4.78 is 13.1. The maximum Gasteiger partial charge on any atom is 0.161 e. The summed E-state index contributed by atoms with van der Waals surface area (Å²) in [7, 11) is 0. The SMILES string of the molecule is CC(C)c1cc(NC2CCCNC2)nc(-c2ccc(F)cc2)n1. The molecule has 5 heteroatoms. The molecule has 122 valence electrons. The summed E-state index contributed by atoms with van der Waals surface area (Å²) in [5, 5.41) is 6.91. The van der Waals surface area contributed by atoms with Gasteiger partial charge in [-0.3, -0.25) is 0 Å². The predicted octanol–water partition coefficient (Wildman–Crippen LogP) is 3.57. The minimum absolute atomic E-state index is 0.250. The molecule has 23 heavy (non-hydrogen) atoms. The lowest BCUT2D eigenvalue weighted by molar-refractivity contribution is 0.479. The van der Waals surface area contributed by atoms with Gasteiger partial charge in [-0.05, 0) is 49.6 Å². The van der Waals surface area contributed by atoms with Crippen molar-refractivity contribution in [3.05, 3.63) is 41.8 Å². The van der Waals surface area contributed by atoms with Gasteiger partial charge in [0.2, 0.25) is 0 Å². The van der Waals surface area contributed by atoms with Crippen LogP contribution in [-0.2, 0) is 0 Å². The van der Waals surface area contributed by atoms with Gasteiger partial charge in [0.05, 0.1) is 0 Å². The summed E-state index contributed by atoms with van der Waals surface area (Å²) in [6.07, 6.45) is 2.31. The first-order valence-corrected chi connectivity index (χ1v) is 8.24. The lowest BCUT2D eigenvalue weighted by Gasteiger charge is -2.24. The third-order valence-corrected chi connectivity index (χ3v) is 4.09. The van der Waals surface area contributed by atoms with Crippen LogP contribution in [0.25, 0.3) is 11.4 Å². The zero-order chi connectivity index (χ0) is 16.2. The Morgan fingerprint density at radius 1 is 1.22 bits per heavy atom. The Morgan fingerprint density at radius 3 is 2.65 bits per heavy atom. The highest BCUT2D eigenvalue weighted by Crippen LogP contribution is 2.23. The van der Waals surface area contributed by atoms with E-state index >= 15 is 0 Å². The summed E-state index contributed by atoms with van der Waals surface area (Å²) in [6.45, 7) is 6.26. The Kier molecular flexibility index (Phi) is 4.86. The van der Waals surface area contributed by atoms with E-state index in [2.05, 4.69) is 34.4 Å². The van der Waals surface area contributed by atoms with Gasteiger partial charge in [0, 0.05) is 29.9 Å². The van der Waals surface area contributed by atoms with Crippen molar-refractivity contribution in [2.24, 2.45) is 0 Å². The minimum atomic E-state index is -0.250. The molecule has 1 fully saturated rings. The maximum absolute atomic E-state index is 13.1. The van der Waals surface area contributed by atoms with Crippen molar-refractivity contribution in [1.82, 2.24) is 15.3 Å². The highest BCUT2D eigenvalue weighted by Gasteiger charge is 2.15. The smallest absolute Gasteiger partial charge is 0.161 e. The molecule has 0 aliphatic carbocycles. The molecule has 1 aliphatic rings. The first-order chi connectivity index (χ1) is 11.1. The Labute approximate surface area is 136 Å². The molecule has 3 rings (SSSR count). The van der Waals surface area contributed by atoms with E-state index in [0.29, 0.717) is 17.8 Å². The molecule has 2 heterocycles. The van der Waals surface area contributed by atoms with E-state index in [1.807, 2.05) is 6.07 Å². The normalized spacial score (nSPS) is 18.2. The van der Waals surface area contributed by atoms with Gasteiger partial charge in [-0.25, -0.2) is 14.4 Å². The number of rotatable bonds is 4. The molecule has 1 saturated heterocycles. The highest BCUT2D eigenvalue weighted by atomic mass is 19.1. The van der Waals surface area contributed by atoms with Crippen LogP contribution in [0.5, 0.6) is 0 Å². The molecule has 2 aromatic rings. The molecule has 1 aliphatic heterocycles. The Morgan fingerprint density at radius 2 is 2.00 bits per heavy atom. The number of hydrogen-bond acceptors (Lipinski definition) is 4. The molecule has 0 radical (unpaired) electrons. The molecule has 1 aromatic carbocycles. The van der Waals surface area contributed by atoms with Crippen molar-refractivity contribution in [3.63, 3.8) is 0 Å². The first-order valence-electron chi connectivity index (χ1n) is 8.24. The van der Waals surface area contributed by atoms with Crippen LogP contribution in [0.1, 0.15) is 38.3 Å². The van der Waals surface area contributed by atoms with Crippen molar-refractivity contribution in [1.29, 1.82) is 0 Å². The van der Waals surface area contributed by atoms with Gasteiger partial charge in [0.15, 0.2) is 5.82 Å². The summed E-state index contributed by atoms with van der Waals surface area (Å²) in [4.78, 5) is 9.27. The van der Waals surface area contributed by atoms with Crippen LogP contribution in [0, 0.1) is 5.82 Å². The van der Waals surface area contributed by atoms with Crippen LogP contribution in [0.15, 0.2) is 30.3 Å². The van der Waals surface area contributed by atoms with E-state index in [1.165, 1.54) is 18.6 Å². The zero-order valence-corrected chi connectivity index (χ0v) is 13.6. The zero-order valence-electron chi connectivity index (χ0n) is 13.6. The van der Waals surface area contributed by atoms with Gasteiger partial charge in [0.1, 0.15) is 11.6 Å². The maximum atomic E-state index is 13.1. The Hall–Kier alpha value is -2.01. The molecule has 0 bridgehead atoms. The average Bonchev–Trinajstić information content (AvgIpc) is 2.56. The molecule has 4 nitrogen and oxygen atoms in total. The fourth-order valence-corrected chi connectivity index (χ4v) is 2.75. The van der Waals surface area contributed by atoms with Crippen molar-refractivity contribution in [2.75, 3.05) is 18.4 Å². The fourth-order valence-electron chi connectivity index (χ4n) is 2.75. The van der Waals surface area contributed by atoms with Crippen molar-refractivity contribution in [3.8, 4) is 11.4 Å². The van der Waals surface area contributed by atoms with Gasteiger partial charge < -0.3 is 10.6 Å². The second kappa shape index (κ2) is 7.04. The van der Waals surface area contributed by atoms with Crippen molar-refractivity contribution >= 4 is 5.82 Å². The fraction of sp³-hybridized carbons (Fsp3) is 0.444. The largest absolute Gasteiger partial charge is 0.366 e. The number of benzene rings is 1. The standard InChI is InChI=1S/C18H23FN4/c1-12(2)16-10-17(21-15-4-3-9-20-11-15)23-18(22-16)13-5-7-14(19)8-6-13/h5-8,10,12,15,20H,3-4,9,11H2,1-2H3,(H,21,22,23). The van der Waals surface area contributed by atoms with Crippen LogP contribution in [0.3, 0.4) is 0 Å². The average molecular weight is 314 g/mol. The van der Waals surface area contributed by atoms with Gasteiger partial charge in [-0.1, -0.05) is 13.8 Å². The number of anilines is 1. The van der Waals surface area contributed by atoms with Gasteiger partial charge >= 0.3 is 0 Å². The van der Waals surface area contributed by atoms with E-state index in [1.54, 1.807) is 12.1 Å². The van der Waals surface area contributed by atoms with Crippen LogP contribution in [0.2, 0.25) is 0 Å². The number of aromatic nitrogens is 2. The van der Waals surface area contributed by atoms with Gasteiger partial charge in [-0.2, -0.15) is 0 Å². The van der Waals surface area contributed by atoms with E-state index in [4.69, 9.17) is 0 Å². The van der Waals surface area contributed by atoms with Crippen molar-refractivity contribution < 1.29 is 4.39 Å². The number of piperidine rings is 1. The third-order valence-electron chi connectivity index (χ3n) is 4.09. The Balaban J connectivity index is 1.90. The number of halogens is 1. The molecule has 0 saturated carbocycles. The van der Waals surface area contributed by atoms with Crippen molar-refractivity contribution in [2.45, 2.75) is 38.6 Å². The molecule has 0 spiro atoms.